The molecular formula is C15H19F. The first-order valence-electron chi connectivity index (χ1n) is 5.31. The first kappa shape index (κ1) is 14.4. The van der Waals surface area contributed by atoms with Gasteiger partial charge in [0.2, 0.25) is 0 Å². The van der Waals surface area contributed by atoms with Crippen LogP contribution < -0.4 is 0 Å². The average molecular weight is 218 g/mol. The molecule has 0 aliphatic carbocycles. The lowest BCUT2D eigenvalue weighted by Crippen LogP contribution is -1.81. The highest BCUT2D eigenvalue weighted by Gasteiger charge is 1.99. The van der Waals surface area contributed by atoms with Crippen LogP contribution in [0.2, 0.25) is 0 Å². The van der Waals surface area contributed by atoms with Gasteiger partial charge in [-0.3, -0.25) is 0 Å². The van der Waals surface area contributed by atoms with Crippen molar-refractivity contribution in [1.29, 1.82) is 0 Å². The van der Waals surface area contributed by atoms with Crippen LogP contribution in [0.5, 0.6) is 0 Å². The Morgan fingerprint density at radius 1 is 1.12 bits per heavy atom. The third-order valence-electron chi connectivity index (χ3n) is 1.95. The quantitative estimate of drug-likeness (QED) is 0.566. The highest BCUT2D eigenvalue weighted by atomic mass is 19.1. The number of hydrogen-bond donors (Lipinski definition) is 0. The molecule has 0 N–H and O–H groups in total. The van der Waals surface area contributed by atoms with Gasteiger partial charge in [0.25, 0.3) is 0 Å². The Labute approximate surface area is 97.9 Å². The van der Waals surface area contributed by atoms with Crippen molar-refractivity contribution in [2.24, 2.45) is 0 Å². The van der Waals surface area contributed by atoms with Gasteiger partial charge in [0.05, 0.1) is 0 Å². The van der Waals surface area contributed by atoms with Crippen LogP contribution in [0.3, 0.4) is 0 Å². The molecule has 0 bridgehead atoms. The van der Waals surface area contributed by atoms with Crippen LogP contribution in [0.25, 0.3) is 0 Å². The molecule has 0 aromatic rings. The molecule has 0 aliphatic heterocycles. The number of hydrogen-bond acceptors (Lipinski definition) is 0. The zero-order chi connectivity index (χ0) is 12.4. The SMILES string of the molecule is C=CC(=C\C=C/C)/C(F)=C/C(/C=C\C)=C/C. The molecule has 0 unspecified atom stereocenters. The second-order valence-corrected chi connectivity index (χ2v) is 3.13. The van der Waals surface area contributed by atoms with Gasteiger partial charge in [-0.15, -0.1) is 0 Å². The molecule has 0 saturated heterocycles. The molecule has 0 aromatic carbocycles. The largest absolute Gasteiger partial charge is 0.206 e. The van der Waals surface area contributed by atoms with Gasteiger partial charge in [0.15, 0.2) is 0 Å². The summed E-state index contributed by atoms with van der Waals surface area (Å²) in [5.41, 5.74) is 1.33. The summed E-state index contributed by atoms with van der Waals surface area (Å²) in [4.78, 5) is 0. The van der Waals surface area contributed by atoms with Gasteiger partial charge in [-0.05, 0) is 32.4 Å². The third kappa shape index (κ3) is 5.30. The van der Waals surface area contributed by atoms with Crippen molar-refractivity contribution in [2.45, 2.75) is 20.8 Å². The van der Waals surface area contributed by atoms with E-state index in [1.165, 1.54) is 12.2 Å². The molecule has 1 heteroatoms. The Balaban J connectivity index is 5.07. The predicted molar refractivity (Wildman–Crippen MR) is 70.9 cm³/mol. The van der Waals surface area contributed by atoms with Gasteiger partial charge >= 0.3 is 0 Å². The lowest BCUT2D eigenvalue weighted by Gasteiger charge is -1.98. The standard InChI is InChI=1S/C15H19F/c1-5-9-11-14(8-4)15(16)12-13(7-3)10-6-2/h5-12H,4H2,1-3H3/b9-5-,10-6-,13-7+,14-11+,15-12-. The molecule has 0 amide bonds. The maximum absolute atomic E-state index is 13.8. The van der Waals surface area contributed by atoms with E-state index in [1.54, 1.807) is 12.2 Å². The fraction of sp³-hybridized carbons (Fsp3) is 0.200. The third-order valence-corrected chi connectivity index (χ3v) is 1.95. The van der Waals surface area contributed by atoms with Crippen LogP contribution in [-0.4, -0.2) is 0 Å². The van der Waals surface area contributed by atoms with E-state index in [4.69, 9.17) is 0 Å². The molecule has 0 fully saturated rings. The molecule has 0 nitrogen and oxygen atoms in total. The van der Waals surface area contributed by atoms with Crippen molar-refractivity contribution in [2.75, 3.05) is 0 Å². The molecular weight excluding hydrogens is 199 g/mol. The monoisotopic (exact) mass is 218 g/mol. The van der Waals surface area contributed by atoms with Crippen molar-refractivity contribution in [1.82, 2.24) is 0 Å². The van der Waals surface area contributed by atoms with Crippen LogP contribution in [0.4, 0.5) is 4.39 Å². The summed E-state index contributed by atoms with van der Waals surface area (Å²) in [6, 6.07) is 0. The van der Waals surface area contributed by atoms with E-state index in [-0.39, 0.29) is 5.83 Å². The molecule has 0 heterocycles. The minimum Gasteiger partial charge on any atom is -0.206 e. The zero-order valence-corrected chi connectivity index (χ0v) is 10.2. The Kier molecular flexibility index (Phi) is 7.78. The van der Waals surface area contributed by atoms with Gasteiger partial charge in [0.1, 0.15) is 5.83 Å². The number of rotatable bonds is 5. The van der Waals surface area contributed by atoms with Crippen LogP contribution in [0, 0.1) is 0 Å². The van der Waals surface area contributed by atoms with Crippen molar-refractivity contribution >= 4 is 0 Å². The molecule has 16 heavy (non-hydrogen) atoms. The topological polar surface area (TPSA) is 0 Å². The maximum Gasteiger partial charge on any atom is 0.130 e. The summed E-state index contributed by atoms with van der Waals surface area (Å²) >= 11 is 0. The Morgan fingerprint density at radius 2 is 1.81 bits per heavy atom. The maximum atomic E-state index is 13.8. The van der Waals surface area contributed by atoms with E-state index in [0.717, 1.165) is 5.57 Å². The molecule has 0 rings (SSSR count). The van der Waals surface area contributed by atoms with Gasteiger partial charge in [-0.2, -0.15) is 0 Å². The Bertz CT molecular complexity index is 363. The van der Waals surface area contributed by atoms with Gasteiger partial charge < -0.3 is 0 Å². The second-order valence-electron chi connectivity index (χ2n) is 3.13. The number of halogens is 1. The van der Waals surface area contributed by atoms with Crippen LogP contribution in [0.1, 0.15) is 20.8 Å². The van der Waals surface area contributed by atoms with Crippen LogP contribution in [0.15, 0.2) is 72.2 Å². The highest BCUT2D eigenvalue weighted by molar-refractivity contribution is 5.43. The lowest BCUT2D eigenvalue weighted by atomic mass is 10.1. The molecule has 86 valence electrons. The first-order chi connectivity index (χ1) is 7.69. The zero-order valence-electron chi connectivity index (χ0n) is 10.2. The van der Waals surface area contributed by atoms with E-state index >= 15 is 0 Å². The van der Waals surface area contributed by atoms with E-state index in [0.29, 0.717) is 5.57 Å². The van der Waals surface area contributed by atoms with Crippen molar-refractivity contribution in [3.63, 3.8) is 0 Å². The highest BCUT2D eigenvalue weighted by Crippen LogP contribution is 2.16. The number of allylic oxidation sites excluding steroid dienone is 11. The minimum absolute atomic E-state index is 0.278. The van der Waals surface area contributed by atoms with Gasteiger partial charge in [-0.1, -0.05) is 49.1 Å². The van der Waals surface area contributed by atoms with E-state index < -0.39 is 0 Å². The average Bonchev–Trinajstić information content (AvgIpc) is 2.29. The summed E-state index contributed by atoms with van der Waals surface area (Å²) in [7, 11) is 0. The van der Waals surface area contributed by atoms with Crippen molar-refractivity contribution in [3.8, 4) is 0 Å². The fourth-order valence-corrected chi connectivity index (χ4v) is 1.09. The summed E-state index contributed by atoms with van der Waals surface area (Å²) < 4.78 is 13.8. The summed E-state index contributed by atoms with van der Waals surface area (Å²) in [6.07, 6.45) is 13.9. The van der Waals surface area contributed by atoms with E-state index in [2.05, 4.69) is 6.58 Å². The van der Waals surface area contributed by atoms with Crippen molar-refractivity contribution < 1.29 is 4.39 Å². The summed E-state index contributed by atoms with van der Waals surface area (Å²) in [5, 5.41) is 0. The van der Waals surface area contributed by atoms with Crippen molar-refractivity contribution in [3.05, 3.63) is 72.2 Å². The minimum atomic E-state index is -0.278. The summed E-state index contributed by atoms with van der Waals surface area (Å²) in [5.74, 6) is -0.278. The predicted octanol–water partition coefficient (Wildman–Crippen LogP) is 5.05. The molecule has 0 saturated carbocycles. The molecule has 0 spiro atoms. The first-order valence-corrected chi connectivity index (χ1v) is 5.31. The van der Waals surface area contributed by atoms with Crippen LogP contribution >= 0.6 is 0 Å². The normalized spacial score (nSPS) is 15.1. The van der Waals surface area contributed by atoms with E-state index in [1.807, 2.05) is 45.1 Å². The Morgan fingerprint density at radius 3 is 2.25 bits per heavy atom. The molecule has 0 aliphatic rings. The smallest absolute Gasteiger partial charge is 0.130 e. The summed E-state index contributed by atoms with van der Waals surface area (Å²) in [6.45, 7) is 9.26. The molecule has 0 atom stereocenters. The fourth-order valence-electron chi connectivity index (χ4n) is 1.09. The molecule has 0 radical (unpaired) electrons. The van der Waals surface area contributed by atoms with E-state index in [9.17, 15) is 4.39 Å². The molecule has 0 aromatic heterocycles. The van der Waals surface area contributed by atoms with Crippen LogP contribution in [-0.2, 0) is 0 Å². The second kappa shape index (κ2) is 8.66. The Hall–Kier alpha value is -1.63. The van der Waals surface area contributed by atoms with Gasteiger partial charge in [-0.25, -0.2) is 4.39 Å². The lowest BCUT2D eigenvalue weighted by molar-refractivity contribution is 0.656. The van der Waals surface area contributed by atoms with Gasteiger partial charge in [0, 0.05) is 5.57 Å².